The number of carbonyl (C=O) groups is 2. The fourth-order valence-electron chi connectivity index (χ4n) is 4.26. The van der Waals surface area contributed by atoms with Gasteiger partial charge in [0, 0.05) is 70.7 Å². The van der Waals surface area contributed by atoms with Gasteiger partial charge >= 0.3 is 0 Å². The minimum Gasteiger partial charge on any atom is -0.356 e. The van der Waals surface area contributed by atoms with Gasteiger partial charge in [-0.3, -0.25) is 9.59 Å². The predicted molar refractivity (Wildman–Crippen MR) is 174 cm³/mol. The van der Waals surface area contributed by atoms with Crippen molar-refractivity contribution in [3.8, 4) is 0 Å². The molecular weight excluding hydrogens is 524 g/mol. The second-order valence-corrected chi connectivity index (χ2v) is 9.75. The van der Waals surface area contributed by atoms with Crippen LogP contribution >= 0.6 is 0 Å². The first-order chi connectivity index (χ1) is 20.4. The summed E-state index contributed by atoms with van der Waals surface area (Å²) in [6.07, 6.45) is 0. The molecule has 0 spiro atoms. The fourth-order valence-corrected chi connectivity index (χ4v) is 4.26. The summed E-state index contributed by atoms with van der Waals surface area (Å²) >= 11 is 0. The highest BCUT2D eigenvalue weighted by Crippen LogP contribution is 2.26. The maximum atomic E-state index is 11.2. The average molecular weight is 557 g/mol. The summed E-state index contributed by atoms with van der Waals surface area (Å²) in [6.45, 7) is 2.99. The standard InChI is InChI=1S/C34H32N6O2/c1-23(41)35-25-3-7-27(8-4-25)37-29-11-15-31(16-12-29)39-33-19-21-34(22-20-33)40-32-17-13-30(14-18-32)38-28-9-5-26(6-10-28)36-24(2)42/h3-22,37-40H,1-2H3,(H,35,41)(H,36,42). The Labute approximate surface area is 245 Å². The molecule has 0 unspecified atom stereocenters. The topological polar surface area (TPSA) is 106 Å². The van der Waals surface area contributed by atoms with Crippen LogP contribution in [0.2, 0.25) is 0 Å². The number of amides is 2. The summed E-state index contributed by atoms with van der Waals surface area (Å²) in [5.74, 6) is -0.178. The summed E-state index contributed by atoms with van der Waals surface area (Å²) in [6, 6.07) is 39.4. The fraction of sp³-hybridized carbons (Fsp3) is 0.0588. The van der Waals surface area contributed by atoms with Crippen molar-refractivity contribution < 1.29 is 9.59 Å². The molecule has 5 rings (SSSR count). The Morgan fingerprint density at radius 1 is 0.310 bits per heavy atom. The molecule has 6 N–H and O–H groups in total. The summed E-state index contributed by atoms with van der Waals surface area (Å²) in [5, 5.41) is 19.1. The molecule has 0 heterocycles. The number of nitrogens with one attached hydrogen (secondary N) is 6. The quantitative estimate of drug-likeness (QED) is 0.103. The van der Waals surface area contributed by atoms with E-state index in [-0.39, 0.29) is 11.8 Å². The second kappa shape index (κ2) is 13.1. The van der Waals surface area contributed by atoms with Gasteiger partial charge in [0.1, 0.15) is 0 Å². The smallest absolute Gasteiger partial charge is 0.221 e. The Morgan fingerprint density at radius 2 is 0.452 bits per heavy atom. The predicted octanol–water partition coefficient (Wildman–Crippen LogP) is 8.58. The van der Waals surface area contributed by atoms with Crippen molar-refractivity contribution in [3.63, 3.8) is 0 Å². The van der Waals surface area contributed by atoms with Crippen molar-refractivity contribution >= 4 is 68.7 Å². The molecule has 2 amide bonds. The van der Waals surface area contributed by atoms with Crippen LogP contribution in [0.3, 0.4) is 0 Å². The van der Waals surface area contributed by atoms with Gasteiger partial charge in [0.05, 0.1) is 0 Å². The third-order valence-corrected chi connectivity index (χ3v) is 6.22. The van der Waals surface area contributed by atoms with Gasteiger partial charge in [0.2, 0.25) is 11.8 Å². The van der Waals surface area contributed by atoms with Gasteiger partial charge in [-0.25, -0.2) is 0 Å². The maximum Gasteiger partial charge on any atom is 0.221 e. The summed E-state index contributed by atoms with van der Waals surface area (Å²) < 4.78 is 0. The highest BCUT2D eigenvalue weighted by molar-refractivity contribution is 5.89. The van der Waals surface area contributed by atoms with E-state index in [1.165, 1.54) is 13.8 Å². The SMILES string of the molecule is CC(=O)Nc1ccc(Nc2ccc(Nc3ccc(Nc4ccc(Nc5ccc(NC(C)=O)cc5)cc4)cc3)cc2)cc1. The minimum atomic E-state index is -0.0889. The molecule has 0 aliphatic rings. The molecule has 5 aromatic carbocycles. The zero-order chi connectivity index (χ0) is 29.3. The molecule has 8 nitrogen and oxygen atoms in total. The van der Waals surface area contributed by atoms with E-state index >= 15 is 0 Å². The monoisotopic (exact) mass is 556 g/mol. The Morgan fingerprint density at radius 3 is 0.595 bits per heavy atom. The molecule has 210 valence electrons. The Bertz CT molecular complexity index is 1510. The molecule has 5 aromatic rings. The lowest BCUT2D eigenvalue weighted by Crippen LogP contribution is -2.05. The van der Waals surface area contributed by atoms with E-state index in [4.69, 9.17) is 0 Å². The average Bonchev–Trinajstić information content (AvgIpc) is 2.98. The van der Waals surface area contributed by atoms with Gasteiger partial charge in [0.15, 0.2) is 0 Å². The second-order valence-electron chi connectivity index (χ2n) is 9.75. The molecule has 0 aromatic heterocycles. The minimum absolute atomic E-state index is 0.0889. The summed E-state index contributed by atoms with van der Waals surface area (Å²) in [7, 11) is 0. The molecular formula is C34H32N6O2. The van der Waals surface area contributed by atoms with Crippen molar-refractivity contribution in [2.45, 2.75) is 13.8 Å². The summed E-state index contributed by atoms with van der Waals surface area (Å²) in [4.78, 5) is 22.4. The van der Waals surface area contributed by atoms with Gasteiger partial charge in [-0.1, -0.05) is 0 Å². The van der Waals surface area contributed by atoms with E-state index in [1.807, 2.05) is 121 Å². The molecule has 8 heteroatoms. The van der Waals surface area contributed by atoms with Crippen molar-refractivity contribution in [2.24, 2.45) is 0 Å². The highest BCUT2D eigenvalue weighted by Gasteiger charge is 2.02. The van der Waals surface area contributed by atoms with Crippen LogP contribution in [0.25, 0.3) is 0 Å². The van der Waals surface area contributed by atoms with Crippen molar-refractivity contribution in [1.29, 1.82) is 0 Å². The lowest BCUT2D eigenvalue weighted by atomic mass is 10.2. The zero-order valence-electron chi connectivity index (χ0n) is 23.4. The molecule has 0 atom stereocenters. The molecule has 0 aliphatic heterocycles. The molecule has 0 saturated heterocycles. The number of hydrogen-bond donors (Lipinski definition) is 6. The first kappa shape index (κ1) is 27.8. The maximum absolute atomic E-state index is 11.2. The number of hydrogen-bond acceptors (Lipinski definition) is 6. The normalized spacial score (nSPS) is 10.3. The van der Waals surface area contributed by atoms with Crippen LogP contribution in [0.5, 0.6) is 0 Å². The van der Waals surface area contributed by atoms with Crippen molar-refractivity contribution in [2.75, 3.05) is 31.9 Å². The van der Waals surface area contributed by atoms with Gasteiger partial charge in [-0.05, 0) is 121 Å². The molecule has 0 aliphatic carbocycles. The molecule has 0 bridgehead atoms. The molecule has 0 radical (unpaired) electrons. The zero-order valence-corrected chi connectivity index (χ0v) is 23.4. The van der Waals surface area contributed by atoms with Crippen LogP contribution in [0.1, 0.15) is 13.8 Å². The number of anilines is 10. The third kappa shape index (κ3) is 8.12. The Hall–Kier alpha value is -5.76. The van der Waals surface area contributed by atoms with E-state index < -0.39 is 0 Å². The highest BCUT2D eigenvalue weighted by atomic mass is 16.2. The lowest BCUT2D eigenvalue weighted by Gasteiger charge is -2.12. The van der Waals surface area contributed by atoms with Crippen LogP contribution in [0.4, 0.5) is 56.9 Å². The van der Waals surface area contributed by atoms with E-state index in [2.05, 4.69) is 31.9 Å². The Kier molecular flexibility index (Phi) is 8.64. The van der Waals surface area contributed by atoms with Gasteiger partial charge in [0.25, 0.3) is 0 Å². The van der Waals surface area contributed by atoms with Crippen LogP contribution in [-0.4, -0.2) is 11.8 Å². The van der Waals surface area contributed by atoms with E-state index in [1.54, 1.807) is 0 Å². The van der Waals surface area contributed by atoms with Crippen molar-refractivity contribution in [3.05, 3.63) is 121 Å². The number of carbonyl (C=O) groups excluding carboxylic acids is 2. The number of rotatable bonds is 10. The molecule has 0 fully saturated rings. The first-order valence-corrected chi connectivity index (χ1v) is 13.5. The number of benzene rings is 5. The van der Waals surface area contributed by atoms with Gasteiger partial charge < -0.3 is 31.9 Å². The van der Waals surface area contributed by atoms with Crippen LogP contribution in [0, 0.1) is 0 Å². The van der Waals surface area contributed by atoms with Crippen LogP contribution in [0.15, 0.2) is 121 Å². The summed E-state index contributed by atoms with van der Waals surface area (Å²) in [5.41, 5.74) is 9.28. The van der Waals surface area contributed by atoms with Crippen LogP contribution in [-0.2, 0) is 9.59 Å². The lowest BCUT2D eigenvalue weighted by molar-refractivity contribution is -0.115. The van der Waals surface area contributed by atoms with E-state index in [9.17, 15) is 9.59 Å². The molecule has 0 saturated carbocycles. The van der Waals surface area contributed by atoms with E-state index in [0.29, 0.717) is 0 Å². The van der Waals surface area contributed by atoms with Crippen LogP contribution < -0.4 is 31.9 Å². The van der Waals surface area contributed by atoms with Gasteiger partial charge in [-0.15, -0.1) is 0 Å². The Balaban J connectivity index is 1.11. The van der Waals surface area contributed by atoms with Crippen molar-refractivity contribution in [1.82, 2.24) is 0 Å². The largest absolute Gasteiger partial charge is 0.356 e. The third-order valence-electron chi connectivity index (χ3n) is 6.22. The molecule has 42 heavy (non-hydrogen) atoms. The van der Waals surface area contributed by atoms with Gasteiger partial charge in [-0.2, -0.15) is 0 Å². The van der Waals surface area contributed by atoms with E-state index in [0.717, 1.165) is 56.9 Å². The first-order valence-electron chi connectivity index (χ1n) is 13.5.